The summed E-state index contributed by atoms with van der Waals surface area (Å²) < 4.78 is 16.6. The summed E-state index contributed by atoms with van der Waals surface area (Å²) in [7, 11) is 1.55. The number of benzene rings is 3. The average molecular weight is 459 g/mol. The van der Waals surface area contributed by atoms with Gasteiger partial charge in [-0.3, -0.25) is 4.79 Å². The summed E-state index contributed by atoms with van der Waals surface area (Å²) in [6.45, 7) is 0.101. The molecular weight excluding hydrogens is 439 g/mol. The standard InChI is InChI=1S/C23H20Cl2N2O4/c1-29-22-12-16(10-11-21(22)30-14-17-6-2-3-7-18(17)24)13-26-27-23(28)15-31-20-9-5-4-8-19(20)25/h2-13H,14-15H2,1H3,(H,27,28)/b26-13+. The fraction of sp³-hybridized carbons (Fsp3) is 0.130. The maximum atomic E-state index is 11.9. The third kappa shape index (κ3) is 6.64. The monoisotopic (exact) mass is 458 g/mol. The van der Waals surface area contributed by atoms with Gasteiger partial charge in [0, 0.05) is 10.6 Å². The summed E-state index contributed by atoms with van der Waals surface area (Å²) in [6, 6.07) is 19.7. The van der Waals surface area contributed by atoms with Crippen molar-refractivity contribution in [3.63, 3.8) is 0 Å². The smallest absolute Gasteiger partial charge is 0.277 e. The van der Waals surface area contributed by atoms with Gasteiger partial charge in [-0.2, -0.15) is 5.10 Å². The SMILES string of the molecule is COc1cc(/C=N/NC(=O)COc2ccccc2Cl)ccc1OCc1ccccc1Cl. The van der Waals surface area contributed by atoms with Gasteiger partial charge >= 0.3 is 0 Å². The van der Waals surface area contributed by atoms with E-state index in [9.17, 15) is 4.79 Å². The highest BCUT2D eigenvalue weighted by molar-refractivity contribution is 6.32. The third-order valence-corrected chi connectivity index (χ3v) is 4.81. The largest absolute Gasteiger partial charge is 0.493 e. The van der Waals surface area contributed by atoms with E-state index in [1.807, 2.05) is 24.3 Å². The lowest BCUT2D eigenvalue weighted by Crippen LogP contribution is -2.24. The van der Waals surface area contributed by atoms with Crippen LogP contribution in [0.15, 0.2) is 71.8 Å². The van der Waals surface area contributed by atoms with E-state index in [0.29, 0.717) is 39.5 Å². The molecule has 0 saturated carbocycles. The van der Waals surface area contributed by atoms with Crippen molar-refractivity contribution in [2.45, 2.75) is 6.61 Å². The van der Waals surface area contributed by atoms with Crippen LogP contribution in [0.4, 0.5) is 0 Å². The van der Waals surface area contributed by atoms with E-state index in [-0.39, 0.29) is 6.61 Å². The Morgan fingerprint density at radius 3 is 2.42 bits per heavy atom. The molecule has 160 valence electrons. The summed E-state index contributed by atoms with van der Waals surface area (Å²) in [5, 5.41) is 5.01. The molecule has 1 N–H and O–H groups in total. The molecule has 0 aliphatic heterocycles. The van der Waals surface area contributed by atoms with Crippen LogP contribution in [-0.4, -0.2) is 25.8 Å². The van der Waals surface area contributed by atoms with Gasteiger partial charge in [-0.15, -0.1) is 0 Å². The van der Waals surface area contributed by atoms with Crippen molar-refractivity contribution < 1.29 is 19.0 Å². The fourth-order valence-electron chi connectivity index (χ4n) is 2.57. The molecule has 0 radical (unpaired) electrons. The molecule has 0 saturated heterocycles. The van der Waals surface area contributed by atoms with Crippen molar-refractivity contribution >= 4 is 35.3 Å². The highest BCUT2D eigenvalue weighted by Gasteiger charge is 2.08. The van der Waals surface area contributed by atoms with E-state index < -0.39 is 5.91 Å². The van der Waals surface area contributed by atoms with Gasteiger partial charge in [-0.05, 0) is 42.0 Å². The zero-order valence-corrected chi connectivity index (χ0v) is 18.2. The molecule has 0 aliphatic carbocycles. The topological polar surface area (TPSA) is 69.2 Å². The lowest BCUT2D eigenvalue weighted by atomic mass is 10.2. The number of rotatable bonds is 9. The molecule has 0 aromatic heterocycles. The highest BCUT2D eigenvalue weighted by atomic mass is 35.5. The minimum absolute atomic E-state index is 0.209. The Labute approximate surface area is 190 Å². The van der Waals surface area contributed by atoms with Crippen LogP contribution in [0.25, 0.3) is 0 Å². The average Bonchev–Trinajstić information content (AvgIpc) is 2.78. The lowest BCUT2D eigenvalue weighted by Gasteiger charge is -2.12. The molecule has 3 aromatic rings. The Bertz CT molecular complexity index is 1070. The van der Waals surface area contributed by atoms with Crippen LogP contribution in [0.3, 0.4) is 0 Å². The first kappa shape index (κ1) is 22.5. The lowest BCUT2D eigenvalue weighted by molar-refractivity contribution is -0.123. The van der Waals surface area contributed by atoms with Crippen LogP contribution in [0.2, 0.25) is 10.0 Å². The predicted molar refractivity (Wildman–Crippen MR) is 121 cm³/mol. The second-order valence-electron chi connectivity index (χ2n) is 6.30. The van der Waals surface area contributed by atoms with Crippen LogP contribution in [-0.2, 0) is 11.4 Å². The van der Waals surface area contributed by atoms with E-state index >= 15 is 0 Å². The van der Waals surface area contributed by atoms with Gasteiger partial charge in [0.15, 0.2) is 18.1 Å². The van der Waals surface area contributed by atoms with E-state index in [4.69, 9.17) is 37.4 Å². The van der Waals surface area contributed by atoms with Gasteiger partial charge < -0.3 is 14.2 Å². The Morgan fingerprint density at radius 1 is 0.935 bits per heavy atom. The first-order chi connectivity index (χ1) is 15.1. The molecular formula is C23H20Cl2N2O4. The van der Waals surface area contributed by atoms with Crippen LogP contribution >= 0.6 is 23.2 Å². The van der Waals surface area contributed by atoms with Crippen molar-refractivity contribution in [2.75, 3.05) is 13.7 Å². The number of ether oxygens (including phenoxy) is 3. The van der Waals surface area contributed by atoms with Gasteiger partial charge in [0.25, 0.3) is 5.91 Å². The summed E-state index contributed by atoms with van der Waals surface area (Å²) in [4.78, 5) is 11.9. The molecule has 0 spiro atoms. The first-order valence-electron chi connectivity index (χ1n) is 9.30. The van der Waals surface area contributed by atoms with Crippen molar-refractivity contribution in [2.24, 2.45) is 5.10 Å². The number of methoxy groups -OCH3 is 1. The Morgan fingerprint density at radius 2 is 1.68 bits per heavy atom. The quantitative estimate of drug-likeness (QED) is 0.357. The Balaban J connectivity index is 1.54. The first-order valence-corrected chi connectivity index (χ1v) is 10.1. The minimum atomic E-state index is -0.414. The molecule has 0 atom stereocenters. The molecule has 8 heteroatoms. The number of carbonyl (C=O) groups excluding carboxylic acids is 1. The number of para-hydroxylation sites is 1. The molecule has 0 fully saturated rings. The molecule has 3 aromatic carbocycles. The van der Waals surface area contributed by atoms with Gasteiger partial charge in [0.2, 0.25) is 0 Å². The number of hydrazone groups is 1. The Kier molecular flexibility index (Phi) is 8.15. The zero-order chi connectivity index (χ0) is 22.1. The predicted octanol–water partition coefficient (Wildman–Crippen LogP) is 5.11. The Hall–Kier alpha value is -3.22. The molecule has 31 heavy (non-hydrogen) atoms. The summed E-state index contributed by atoms with van der Waals surface area (Å²) in [5.74, 6) is 1.12. The molecule has 3 rings (SSSR count). The number of carbonyl (C=O) groups is 1. The molecule has 0 bridgehead atoms. The number of nitrogens with one attached hydrogen (secondary N) is 1. The number of hydrogen-bond acceptors (Lipinski definition) is 5. The van der Waals surface area contributed by atoms with Crippen molar-refractivity contribution in [1.82, 2.24) is 5.43 Å². The second kappa shape index (κ2) is 11.2. The number of hydrogen-bond donors (Lipinski definition) is 1. The van der Waals surface area contributed by atoms with E-state index in [2.05, 4.69) is 10.5 Å². The van der Waals surface area contributed by atoms with Crippen molar-refractivity contribution in [3.05, 3.63) is 87.9 Å². The van der Waals surface area contributed by atoms with Gasteiger partial charge in [-0.1, -0.05) is 53.5 Å². The fourth-order valence-corrected chi connectivity index (χ4v) is 2.95. The molecule has 0 heterocycles. The third-order valence-electron chi connectivity index (χ3n) is 4.13. The van der Waals surface area contributed by atoms with Crippen LogP contribution in [0.1, 0.15) is 11.1 Å². The number of amides is 1. The zero-order valence-electron chi connectivity index (χ0n) is 16.7. The minimum Gasteiger partial charge on any atom is -0.493 e. The summed E-state index contributed by atoms with van der Waals surface area (Å²) in [5.41, 5.74) is 3.99. The van der Waals surface area contributed by atoms with Crippen LogP contribution in [0, 0.1) is 0 Å². The highest BCUT2D eigenvalue weighted by Crippen LogP contribution is 2.29. The normalized spacial score (nSPS) is 10.7. The summed E-state index contributed by atoms with van der Waals surface area (Å²) in [6.07, 6.45) is 1.49. The van der Waals surface area contributed by atoms with E-state index in [1.165, 1.54) is 6.21 Å². The van der Waals surface area contributed by atoms with Gasteiger partial charge in [-0.25, -0.2) is 5.43 Å². The van der Waals surface area contributed by atoms with Gasteiger partial charge in [0.05, 0.1) is 18.3 Å². The second-order valence-corrected chi connectivity index (χ2v) is 7.12. The maximum absolute atomic E-state index is 11.9. The molecule has 6 nitrogen and oxygen atoms in total. The number of halogens is 2. The van der Waals surface area contributed by atoms with Crippen molar-refractivity contribution in [1.29, 1.82) is 0 Å². The number of nitrogens with zero attached hydrogens (tertiary/aromatic N) is 1. The van der Waals surface area contributed by atoms with Gasteiger partial charge in [0.1, 0.15) is 12.4 Å². The van der Waals surface area contributed by atoms with E-state index in [0.717, 1.165) is 5.56 Å². The maximum Gasteiger partial charge on any atom is 0.277 e. The van der Waals surface area contributed by atoms with Crippen LogP contribution < -0.4 is 19.6 Å². The molecule has 0 unspecified atom stereocenters. The van der Waals surface area contributed by atoms with Crippen molar-refractivity contribution in [3.8, 4) is 17.2 Å². The van der Waals surface area contributed by atoms with Crippen LogP contribution in [0.5, 0.6) is 17.2 Å². The molecule has 0 aliphatic rings. The summed E-state index contributed by atoms with van der Waals surface area (Å²) >= 11 is 12.1. The van der Waals surface area contributed by atoms with E-state index in [1.54, 1.807) is 49.6 Å². The molecule has 1 amide bonds.